The number of nitrogens with zero attached hydrogens (tertiary/aromatic N) is 1. The zero-order valence-corrected chi connectivity index (χ0v) is 11.6. The van der Waals surface area contributed by atoms with Gasteiger partial charge in [-0.15, -0.1) is 0 Å². The maximum absolute atomic E-state index is 12.5. The van der Waals surface area contributed by atoms with Gasteiger partial charge in [0.25, 0.3) is 5.91 Å². The number of carbonyl (C=O) groups is 2. The van der Waals surface area contributed by atoms with Crippen LogP contribution in [0.25, 0.3) is 0 Å². The topological polar surface area (TPSA) is 83.6 Å². The summed E-state index contributed by atoms with van der Waals surface area (Å²) in [5, 5.41) is 8.74. The van der Waals surface area contributed by atoms with E-state index < -0.39 is 5.91 Å². The molecule has 20 heavy (non-hydrogen) atoms. The Hall–Kier alpha value is -2.32. The van der Waals surface area contributed by atoms with Crippen molar-refractivity contribution in [2.75, 3.05) is 13.2 Å². The summed E-state index contributed by atoms with van der Waals surface area (Å²) in [5.41, 5.74) is 6.08. The highest BCUT2D eigenvalue weighted by Crippen LogP contribution is 2.13. The average Bonchev–Trinajstić information content (AvgIpc) is 2.41. The molecule has 0 saturated carbocycles. The maximum Gasteiger partial charge on any atom is 0.255 e. The number of hydrogen-bond acceptors (Lipinski definition) is 3. The first kappa shape index (κ1) is 15.7. The summed E-state index contributed by atoms with van der Waals surface area (Å²) in [7, 11) is 0. The molecule has 5 nitrogen and oxygen atoms in total. The van der Waals surface area contributed by atoms with E-state index in [1.54, 1.807) is 24.3 Å². The number of nitrogens with two attached hydrogens (primary N) is 1. The number of benzene rings is 1. The summed E-state index contributed by atoms with van der Waals surface area (Å²) < 4.78 is 0. The van der Waals surface area contributed by atoms with Crippen LogP contribution in [0.2, 0.25) is 0 Å². The fraction of sp³-hybridized carbons (Fsp3) is 0.333. The highest BCUT2D eigenvalue weighted by molar-refractivity contribution is 5.98. The van der Waals surface area contributed by atoms with E-state index in [2.05, 4.69) is 11.8 Å². The third kappa shape index (κ3) is 4.11. The Labute approximate surface area is 118 Å². The van der Waals surface area contributed by atoms with Crippen molar-refractivity contribution in [1.29, 1.82) is 0 Å². The van der Waals surface area contributed by atoms with Crippen molar-refractivity contribution in [2.24, 2.45) is 5.73 Å². The van der Waals surface area contributed by atoms with Crippen molar-refractivity contribution in [2.45, 2.75) is 19.9 Å². The lowest BCUT2D eigenvalue weighted by Crippen LogP contribution is -2.43. The molecule has 1 rings (SSSR count). The van der Waals surface area contributed by atoms with Crippen LogP contribution < -0.4 is 5.73 Å². The number of aliphatic hydroxyl groups is 1. The predicted octanol–water partition coefficient (Wildman–Crippen LogP) is 0.366. The molecule has 0 radical (unpaired) electrons. The van der Waals surface area contributed by atoms with Crippen LogP contribution in [-0.2, 0) is 4.79 Å². The lowest BCUT2D eigenvalue weighted by molar-refractivity contribution is -0.119. The van der Waals surface area contributed by atoms with Gasteiger partial charge in [0.15, 0.2) is 0 Å². The average molecular weight is 274 g/mol. The fourth-order valence-electron chi connectivity index (χ4n) is 1.72. The van der Waals surface area contributed by atoms with Crippen LogP contribution in [0.3, 0.4) is 0 Å². The summed E-state index contributed by atoms with van der Waals surface area (Å²) in [6.07, 6.45) is 0. The standard InChI is InChI=1S/C15H18N2O3/c1-11(2)17(10-14(16)19)15(20)13-8-4-3-6-12(13)7-5-9-18/h3-4,6,8,11,18H,9-10H2,1-2H3,(H2,16,19). The van der Waals surface area contributed by atoms with Crippen LogP contribution in [0.15, 0.2) is 24.3 Å². The second-order valence-corrected chi connectivity index (χ2v) is 4.50. The van der Waals surface area contributed by atoms with Crippen molar-refractivity contribution in [1.82, 2.24) is 4.90 Å². The van der Waals surface area contributed by atoms with E-state index >= 15 is 0 Å². The quantitative estimate of drug-likeness (QED) is 0.778. The Morgan fingerprint density at radius 3 is 2.55 bits per heavy atom. The molecule has 0 spiro atoms. The normalized spacial score (nSPS) is 9.80. The summed E-state index contributed by atoms with van der Waals surface area (Å²) in [4.78, 5) is 25.0. The third-order valence-corrected chi connectivity index (χ3v) is 2.67. The SMILES string of the molecule is CC(C)N(CC(N)=O)C(=O)c1ccccc1C#CCO. The molecule has 0 aliphatic rings. The number of amides is 2. The molecule has 0 atom stereocenters. The van der Waals surface area contributed by atoms with Gasteiger partial charge in [-0.1, -0.05) is 24.0 Å². The Morgan fingerprint density at radius 2 is 2.00 bits per heavy atom. The molecule has 0 saturated heterocycles. The summed E-state index contributed by atoms with van der Waals surface area (Å²) in [6, 6.07) is 6.65. The van der Waals surface area contributed by atoms with Crippen LogP contribution in [0.4, 0.5) is 0 Å². The maximum atomic E-state index is 12.5. The van der Waals surface area contributed by atoms with E-state index in [9.17, 15) is 9.59 Å². The van der Waals surface area contributed by atoms with Crippen LogP contribution in [0.5, 0.6) is 0 Å². The van der Waals surface area contributed by atoms with Gasteiger partial charge in [-0.3, -0.25) is 9.59 Å². The summed E-state index contributed by atoms with van der Waals surface area (Å²) >= 11 is 0. The lowest BCUT2D eigenvalue weighted by Gasteiger charge is -2.25. The molecule has 0 aliphatic carbocycles. The molecule has 1 aromatic carbocycles. The van der Waals surface area contributed by atoms with E-state index in [4.69, 9.17) is 10.8 Å². The smallest absolute Gasteiger partial charge is 0.255 e. The van der Waals surface area contributed by atoms with Crippen molar-refractivity contribution in [3.05, 3.63) is 35.4 Å². The van der Waals surface area contributed by atoms with Gasteiger partial charge in [-0.2, -0.15) is 0 Å². The van der Waals surface area contributed by atoms with Crippen molar-refractivity contribution in [3.63, 3.8) is 0 Å². The molecular formula is C15H18N2O3. The number of aliphatic hydroxyl groups excluding tert-OH is 1. The second kappa shape index (κ2) is 7.31. The molecule has 0 unspecified atom stereocenters. The van der Waals surface area contributed by atoms with Gasteiger partial charge in [0, 0.05) is 11.6 Å². The van der Waals surface area contributed by atoms with Crippen LogP contribution in [-0.4, -0.2) is 41.0 Å². The molecule has 3 N–H and O–H groups in total. The molecule has 0 heterocycles. The zero-order chi connectivity index (χ0) is 15.1. The number of rotatable bonds is 4. The molecule has 2 amide bonds. The Balaban J connectivity index is 3.15. The highest BCUT2D eigenvalue weighted by atomic mass is 16.2. The van der Waals surface area contributed by atoms with Gasteiger partial charge in [0.05, 0.1) is 12.1 Å². The molecule has 0 aliphatic heterocycles. The Morgan fingerprint density at radius 1 is 1.35 bits per heavy atom. The van der Waals surface area contributed by atoms with Crippen LogP contribution in [0, 0.1) is 11.8 Å². The summed E-state index contributed by atoms with van der Waals surface area (Å²) in [5.74, 6) is 4.37. The lowest BCUT2D eigenvalue weighted by atomic mass is 10.1. The second-order valence-electron chi connectivity index (χ2n) is 4.50. The molecular weight excluding hydrogens is 256 g/mol. The molecule has 106 valence electrons. The van der Waals surface area contributed by atoms with Crippen LogP contribution >= 0.6 is 0 Å². The molecule has 0 bridgehead atoms. The monoisotopic (exact) mass is 274 g/mol. The van der Waals surface area contributed by atoms with E-state index in [-0.39, 0.29) is 25.1 Å². The minimum atomic E-state index is -0.564. The van der Waals surface area contributed by atoms with Gasteiger partial charge < -0.3 is 15.7 Å². The first-order valence-corrected chi connectivity index (χ1v) is 6.25. The predicted molar refractivity (Wildman–Crippen MR) is 75.8 cm³/mol. The summed E-state index contributed by atoms with van der Waals surface area (Å²) in [6.45, 7) is 3.20. The Bertz CT molecular complexity index is 556. The van der Waals surface area contributed by atoms with Gasteiger partial charge in [0.1, 0.15) is 6.61 Å². The third-order valence-electron chi connectivity index (χ3n) is 2.67. The van der Waals surface area contributed by atoms with Gasteiger partial charge in [-0.05, 0) is 26.0 Å². The number of primary amides is 1. The van der Waals surface area contributed by atoms with Gasteiger partial charge in [-0.25, -0.2) is 0 Å². The van der Waals surface area contributed by atoms with E-state index in [1.807, 2.05) is 13.8 Å². The molecule has 1 aromatic rings. The first-order valence-electron chi connectivity index (χ1n) is 6.25. The zero-order valence-electron chi connectivity index (χ0n) is 11.6. The highest BCUT2D eigenvalue weighted by Gasteiger charge is 2.22. The van der Waals surface area contributed by atoms with E-state index in [0.29, 0.717) is 11.1 Å². The van der Waals surface area contributed by atoms with Crippen molar-refractivity contribution in [3.8, 4) is 11.8 Å². The van der Waals surface area contributed by atoms with E-state index in [0.717, 1.165) is 0 Å². The molecule has 0 aromatic heterocycles. The van der Waals surface area contributed by atoms with Crippen LogP contribution in [0.1, 0.15) is 29.8 Å². The van der Waals surface area contributed by atoms with Gasteiger partial charge >= 0.3 is 0 Å². The molecule has 0 fully saturated rings. The Kier molecular flexibility index (Phi) is 5.75. The number of hydrogen-bond donors (Lipinski definition) is 2. The molecule has 5 heteroatoms. The van der Waals surface area contributed by atoms with E-state index in [1.165, 1.54) is 4.90 Å². The fourth-order valence-corrected chi connectivity index (χ4v) is 1.72. The minimum absolute atomic E-state index is 0.141. The first-order chi connectivity index (χ1) is 9.47. The minimum Gasteiger partial charge on any atom is -0.384 e. The number of carbonyl (C=O) groups excluding carboxylic acids is 2. The van der Waals surface area contributed by atoms with Crippen molar-refractivity contribution < 1.29 is 14.7 Å². The van der Waals surface area contributed by atoms with Gasteiger partial charge in [0.2, 0.25) is 5.91 Å². The largest absolute Gasteiger partial charge is 0.384 e. The van der Waals surface area contributed by atoms with Crippen molar-refractivity contribution >= 4 is 11.8 Å².